The molecule has 1 atom stereocenters. The number of nitrogens with zero attached hydrogens (tertiary/aromatic N) is 1. The van der Waals surface area contributed by atoms with E-state index in [-0.39, 0.29) is 18.5 Å². The molecule has 33 heavy (non-hydrogen) atoms. The lowest BCUT2D eigenvalue weighted by Gasteiger charge is -2.25. The van der Waals surface area contributed by atoms with Gasteiger partial charge in [0, 0.05) is 5.56 Å². The van der Waals surface area contributed by atoms with Gasteiger partial charge < -0.3 is 10.1 Å². The molecule has 3 rings (SSSR count). The first-order chi connectivity index (χ1) is 15.6. The summed E-state index contributed by atoms with van der Waals surface area (Å²) in [5.74, 6) is 0.566. The highest BCUT2D eigenvalue weighted by Crippen LogP contribution is 2.26. The van der Waals surface area contributed by atoms with Gasteiger partial charge in [-0.3, -0.25) is 9.10 Å². The van der Waals surface area contributed by atoms with Crippen molar-refractivity contribution in [1.82, 2.24) is 5.32 Å². The van der Waals surface area contributed by atoms with Gasteiger partial charge in [0.25, 0.3) is 5.91 Å². The third-order valence-electron chi connectivity index (χ3n) is 5.54. The first-order valence-electron chi connectivity index (χ1n) is 10.7. The molecule has 0 aliphatic heterocycles. The molecule has 7 heteroatoms. The maximum atomic E-state index is 12.7. The lowest BCUT2D eigenvalue weighted by Crippen LogP contribution is -2.30. The Balaban J connectivity index is 1.74. The Kier molecular flexibility index (Phi) is 7.43. The molecule has 0 spiro atoms. The molecule has 6 nitrogen and oxygen atoms in total. The van der Waals surface area contributed by atoms with Gasteiger partial charge in [-0.1, -0.05) is 36.4 Å². The Labute approximate surface area is 196 Å². The molecule has 0 saturated heterocycles. The van der Waals surface area contributed by atoms with Crippen molar-refractivity contribution in [2.75, 3.05) is 17.7 Å². The molecule has 0 aliphatic carbocycles. The second-order valence-electron chi connectivity index (χ2n) is 8.22. The van der Waals surface area contributed by atoms with Crippen molar-refractivity contribution in [2.45, 2.75) is 33.4 Å². The van der Waals surface area contributed by atoms with Gasteiger partial charge in [-0.2, -0.15) is 0 Å². The second kappa shape index (κ2) is 10.1. The fraction of sp³-hybridized carbons (Fsp3) is 0.269. The summed E-state index contributed by atoms with van der Waals surface area (Å²) in [6.07, 6.45) is 1.21. The van der Waals surface area contributed by atoms with Crippen molar-refractivity contribution in [3.63, 3.8) is 0 Å². The normalized spacial score (nSPS) is 12.2. The molecule has 0 bridgehead atoms. The fourth-order valence-electron chi connectivity index (χ4n) is 3.55. The quantitative estimate of drug-likeness (QED) is 0.519. The fourth-order valence-corrected chi connectivity index (χ4v) is 4.49. The standard InChI is InChI=1S/C26H30N2O4S/c1-18-6-7-19(2)25(16-18)28(33(5,30)31)17-21-8-10-23(11-9-21)26(29)27-20(3)22-12-14-24(32-4)15-13-22/h6-16,20H,17H2,1-5H3,(H,27,29)/t20-/m1/s1. The Morgan fingerprint density at radius 2 is 1.64 bits per heavy atom. The number of nitrogens with one attached hydrogen (secondary N) is 1. The molecule has 0 saturated carbocycles. The lowest BCUT2D eigenvalue weighted by molar-refractivity contribution is 0.0940. The van der Waals surface area contributed by atoms with E-state index >= 15 is 0 Å². The highest BCUT2D eigenvalue weighted by atomic mass is 32.2. The maximum absolute atomic E-state index is 12.7. The highest BCUT2D eigenvalue weighted by molar-refractivity contribution is 7.92. The number of sulfonamides is 1. The number of carbonyl (C=O) groups is 1. The van der Waals surface area contributed by atoms with Crippen LogP contribution in [0.1, 0.15) is 45.6 Å². The van der Waals surface area contributed by atoms with Crippen LogP contribution in [0.5, 0.6) is 5.75 Å². The van der Waals surface area contributed by atoms with Gasteiger partial charge >= 0.3 is 0 Å². The van der Waals surface area contributed by atoms with E-state index in [1.807, 2.05) is 63.2 Å². The monoisotopic (exact) mass is 466 g/mol. The minimum atomic E-state index is -3.49. The van der Waals surface area contributed by atoms with E-state index in [1.165, 1.54) is 10.6 Å². The van der Waals surface area contributed by atoms with Crippen LogP contribution in [0.15, 0.2) is 66.7 Å². The molecule has 3 aromatic carbocycles. The number of hydrogen-bond donors (Lipinski definition) is 1. The van der Waals surface area contributed by atoms with Gasteiger partial charge in [0.1, 0.15) is 5.75 Å². The molecule has 1 N–H and O–H groups in total. The van der Waals surface area contributed by atoms with E-state index in [9.17, 15) is 13.2 Å². The summed E-state index contributed by atoms with van der Waals surface area (Å²) in [6, 6.07) is 20.1. The van der Waals surface area contributed by atoms with E-state index in [1.54, 1.807) is 31.4 Å². The van der Waals surface area contributed by atoms with Gasteiger partial charge in [0.05, 0.1) is 31.6 Å². The summed E-state index contributed by atoms with van der Waals surface area (Å²) in [6.45, 7) is 5.93. The molecule has 0 aliphatic rings. The van der Waals surface area contributed by atoms with Crippen molar-refractivity contribution in [3.8, 4) is 5.75 Å². The molecule has 1 amide bonds. The average molecular weight is 467 g/mol. The first-order valence-corrected chi connectivity index (χ1v) is 12.5. The number of rotatable bonds is 8. The number of ether oxygens (including phenoxy) is 1. The second-order valence-corrected chi connectivity index (χ2v) is 10.1. The lowest BCUT2D eigenvalue weighted by atomic mass is 10.1. The Morgan fingerprint density at radius 1 is 1.00 bits per heavy atom. The van der Waals surface area contributed by atoms with E-state index in [0.717, 1.165) is 28.0 Å². The highest BCUT2D eigenvalue weighted by Gasteiger charge is 2.20. The summed E-state index contributed by atoms with van der Waals surface area (Å²) in [4.78, 5) is 12.7. The number of methoxy groups -OCH3 is 1. The maximum Gasteiger partial charge on any atom is 0.251 e. The smallest absolute Gasteiger partial charge is 0.251 e. The summed E-state index contributed by atoms with van der Waals surface area (Å²) >= 11 is 0. The molecule has 0 heterocycles. The molecule has 0 unspecified atom stereocenters. The zero-order valence-corrected chi connectivity index (χ0v) is 20.4. The Bertz CT molecular complexity index is 1220. The van der Waals surface area contributed by atoms with E-state index in [2.05, 4.69) is 5.32 Å². The van der Waals surface area contributed by atoms with Crippen molar-refractivity contribution in [3.05, 3.63) is 94.5 Å². The van der Waals surface area contributed by atoms with Gasteiger partial charge in [-0.25, -0.2) is 8.42 Å². The number of anilines is 1. The van der Waals surface area contributed by atoms with Crippen molar-refractivity contribution < 1.29 is 17.9 Å². The van der Waals surface area contributed by atoms with E-state index in [4.69, 9.17) is 4.74 Å². The van der Waals surface area contributed by atoms with Gasteiger partial charge in [-0.05, 0) is 73.4 Å². The Morgan fingerprint density at radius 3 is 2.21 bits per heavy atom. The molecule has 0 fully saturated rings. The van der Waals surface area contributed by atoms with Crippen LogP contribution in [0.25, 0.3) is 0 Å². The van der Waals surface area contributed by atoms with Gasteiger partial charge in [0.2, 0.25) is 10.0 Å². The van der Waals surface area contributed by atoms with Crippen LogP contribution in [-0.4, -0.2) is 27.7 Å². The van der Waals surface area contributed by atoms with Crippen LogP contribution >= 0.6 is 0 Å². The third kappa shape index (κ3) is 6.14. The predicted octanol–water partition coefficient (Wildman–Crippen LogP) is 4.77. The molecule has 3 aromatic rings. The van der Waals surface area contributed by atoms with Gasteiger partial charge in [0.15, 0.2) is 0 Å². The van der Waals surface area contributed by atoms with Crippen LogP contribution in [0.4, 0.5) is 5.69 Å². The topological polar surface area (TPSA) is 75.7 Å². The minimum absolute atomic E-state index is 0.173. The number of benzene rings is 3. The summed E-state index contributed by atoms with van der Waals surface area (Å²) < 4.78 is 31.6. The minimum Gasteiger partial charge on any atom is -0.497 e. The van der Waals surface area contributed by atoms with Crippen LogP contribution in [0.3, 0.4) is 0 Å². The molecule has 174 valence electrons. The number of amides is 1. The molecular weight excluding hydrogens is 436 g/mol. The first kappa shape index (κ1) is 24.3. The zero-order chi connectivity index (χ0) is 24.2. The SMILES string of the molecule is COc1ccc([C@@H](C)NC(=O)c2ccc(CN(c3cc(C)ccc3C)S(C)(=O)=O)cc2)cc1. The largest absolute Gasteiger partial charge is 0.497 e. The van der Waals surface area contributed by atoms with Crippen LogP contribution in [0, 0.1) is 13.8 Å². The number of hydrogen-bond acceptors (Lipinski definition) is 4. The van der Waals surface area contributed by atoms with Gasteiger partial charge in [-0.15, -0.1) is 0 Å². The Hall–Kier alpha value is -3.32. The summed E-state index contributed by atoms with van der Waals surface area (Å²) in [7, 11) is -1.88. The van der Waals surface area contributed by atoms with E-state index < -0.39 is 10.0 Å². The average Bonchev–Trinajstić information content (AvgIpc) is 2.79. The van der Waals surface area contributed by atoms with Crippen molar-refractivity contribution in [2.24, 2.45) is 0 Å². The van der Waals surface area contributed by atoms with Crippen LogP contribution < -0.4 is 14.4 Å². The number of aryl methyl sites for hydroxylation is 2. The van der Waals surface area contributed by atoms with Crippen molar-refractivity contribution in [1.29, 1.82) is 0 Å². The van der Waals surface area contributed by atoms with Crippen molar-refractivity contribution >= 4 is 21.6 Å². The molecule has 0 radical (unpaired) electrons. The van der Waals surface area contributed by atoms with Crippen LogP contribution in [-0.2, 0) is 16.6 Å². The summed E-state index contributed by atoms with van der Waals surface area (Å²) in [5.41, 5.74) is 4.81. The molecular formula is C26H30N2O4S. The summed E-state index contributed by atoms with van der Waals surface area (Å²) in [5, 5.41) is 2.99. The van der Waals surface area contributed by atoms with E-state index in [0.29, 0.717) is 11.3 Å². The number of carbonyl (C=O) groups excluding carboxylic acids is 1. The van der Waals surface area contributed by atoms with Crippen LogP contribution in [0.2, 0.25) is 0 Å². The zero-order valence-electron chi connectivity index (χ0n) is 19.6. The molecule has 0 aromatic heterocycles. The third-order valence-corrected chi connectivity index (χ3v) is 6.67. The predicted molar refractivity (Wildman–Crippen MR) is 132 cm³/mol.